The van der Waals surface area contributed by atoms with E-state index in [0.717, 1.165) is 6.42 Å². The molecule has 1 saturated heterocycles. The van der Waals surface area contributed by atoms with Gasteiger partial charge in [0.2, 0.25) is 15.9 Å². The number of hydrogen-bond acceptors (Lipinski definition) is 6. The fourth-order valence-corrected chi connectivity index (χ4v) is 4.32. The van der Waals surface area contributed by atoms with Crippen LogP contribution in [0.1, 0.15) is 19.3 Å². The number of rotatable bonds is 10. The summed E-state index contributed by atoms with van der Waals surface area (Å²) in [7, 11) is -3.81. The highest BCUT2D eigenvalue weighted by atomic mass is 32.2. The van der Waals surface area contributed by atoms with Crippen LogP contribution >= 0.6 is 11.8 Å². The number of ether oxygens (including phenoxy) is 1. The van der Waals surface area contributed by atoms with Crippen LogP contribution in [-0.2, 0) is 24.3 Å². The number of benzene rings is 1. The predicted molar refractivity (Wildman–Crippen MR) is 100 cm³/mol. The molecule has 0 radical (unpaired) electrons. The Balaban J connectivity index is 1.94. The van der Waals surface area contributed by atoms with E-state index in [1.54, 1.807) is 23.1 Å². The summed E-state index contributed by atoms with van der Waals surface area (Å²) >= 11 is 1.52. The van der Waals surface area contributed by atoms with Crippen molar-refractivity contribution in [2.75, 3.05) is 31.7 Å². The van der Waals surface area contributed by atoms with Crippen molar-refractivity contribution in [2.45, 2.75) is 30.2 Å². The van der Waals surface area contributed by atoms with Crippen LogP contribution in [0, 0.1) is 0 Å². The Kier molecular flexibility index (Phi) is 7.92. The number of thioether (sulfide) groups is 1. The largest absolute Gasteiger partial charge is 0.463 e. The molecule has 0 saturated carbocycles. The number of sulfonamides is 1. The molecule has 1 fully saturated rings. The highest BCUT2D eigenvalue weighted by Crippen LogP contribution is 2.12. The summed E-state index contributed by atoms with van der Waals surface area (Å²) in [6, 6.07) is 6.95. The summed E-state index contributed by atoms with van der Waals surface area (Å²) in [6.45, 7) is 1.07. The van der Waals surface area contributed by atoms with Gasteiger partial charge < -0.3 is 9.64 Å². The van der Waals surface area contributed by atoms with Gasteiger partial charge in [-0.15, -0.1) is 0 Å². The zero-order valence-electron chi connectivity index (χ0n) is 14.7. The van der Waals surface area contributed by atoms with Gasteiger partial charge in [-0.3, -0.25) is 9.59 Å². The zero-order valence-corrected chi connectivity index (χ0v) is 16.4. The van der Waals surface area contributed by atoms with E-state index in [-0.39, 0.29) is 17.4 Å². The van der Waals surface area contributed by atoms with Crippen LogP contribution < -0.4 is 4.72 Å². The molecule has 7 nitrogen and oxygen atoms in total. The average Bonchev–Trinajstić information content (AvgIpc) is 3.04. The van der Waals surface area contributed by atoms with E-state index in [1.807, 2.05) is 6.26 Å². The summed E-state index contributed by atoms with van der Waals surface area (Å²) in [5.74, 6) is 0.0526. The Morgan fingerprint density at radius 2 is 2.08 bits per heavy atom. The quantitative estimate of drug-likeness (QED) is 0.594. The smallest absolute Gasteiger partial charge is 0.324 e. The maximum Gasteiger partial charge on any atom is 0.324 e. The summed E-state index contributed by atoms with van der Waals surface area (Å²) in [6.07, 6.45) is 3.56. The highest BCUT2D eigenvalue weighted by molar-refractivity contribution is 7.98. The summed E-state index contributed by atoms with van der Waals surface area (Å²) in [4.78, 5) is 25.7. The van der Waals surface area contributed by atoms with E-state index in [4.69, 9.17) is 4.74 Å². The minimum absolute atomic E-state index is 0.0600. The topological polar surface area (TPSA) is 92.8 Å². The van der Waals surface area contributed by atoms with Crippen molar-refractivity contribution < 1.29 is 22.7 Å². The monoisotopic (exact) mass is 400 g/mol. The molecule has 2 rings (SSSR count). The van der Waals surface area contributed by atoms with Crippen molar-refractivity contribution in [3.05, 3.63) is 30.3 Å². The number of nitrogens with one attached hydrogen (secondary N) is 1. The highest BCUT2D eigenvalue weighted by Gasteiger charge is 2.27. The molecule has 1 aliphatic rings. The Morgan fingerprint density at radius 1 is 1.35 bits per heavy atom. The predicted octanol–water partition coefficient (Wildman–Crippen LogP) is 1.25. The fraction of sp³-hybridized carbons (Fsp3) is 0.529. The lowest BCUT2D eigenvalue weighted by Gasteiger charge is -2.19. The first-order chi connectivity index (χ1) is 12.4. The standard InChI is InChI=1S/C17H24N2O5S2/c1-25-13-9-15(18-26(22,23)14-6-3-2-4-7-14)17(21)24-12-11-19-10-5-8-16(19)20/h2-4,6-7,15,18H,5,8-13H2,1H3. The molecule has 1 atom stereocenters. The van der Waals surface area contributed by atoms with Gasteiger partial charge >= 0.3 is 5.97 Å². The van der Waals surface area contributed by atoms with Gasteiger partial charge in [0.15, 0.2) is 0 Å². The molecule has 1 aromatic rings. The van der Waals surface area contributed by atoms with Crippen molar-refractivity contribution in [1.29, 1.82) is 0 Å². The third kappa shape index (κ3) is 6.00. The minimum atomic E-state index is -3.81. The third-order valence-electron chi connectivity index (χ3n) is 4.02. The molecular weight excluding hydrogens is 376 g/mol. The van der Waals surface area contributed by atoms with E-state index >= 15 is 0 Å². The van der Waals surface area contributed by atoms with Crippen LogP contribution in [0.4, 0.5) is 0 Å². The molecule has 1 heterocycles. The number of esters is 1. The van der Waals surface area contributed by atoms with Gasteiger partial charge in [-0.05, 0) is 37.0 Å². The molecule has 1 aromatic carbocycles. The molecule has 1 amide bonds. The summed E-state index contributed by atoms with van der Waals surface area (Å²) in [5.41, 5.74) is 0. The van der Waals surface area contributed by atoms with Crippen LogP contribution in [0.15, 0.2) is 35.2 Å². The summed E-state index contributed by atoms with van der Waals surface area (Å²) in [5, 5.41) is 0. The third-order valence-corrected chi connectivity index (χ3v) is 6.15. The number of amides is 1. The molecule has 26 heavy (non-hydrogen) atoms. The molecule has 0 aliphatic carbocycles. The number of likely N-dealkylation sites (tertiary alicyclic amines) is 1. The normalized spacial score (nSPS) is 15.9. The van der Waals surface area contributed by atoms with E-state index < -0.39 is 22.0 Å². The molecular formula is C17H24N2O5S2. The number of carbonyl (C=O) groups is 2. The van der Waals surface area contributed by atoms with Gasteiger partial charge in [-0.1, -0.05) is 18.2 Å². The Morgan fingerprint density at radius 3 is 2.69 bits per heavy atom. The lowest BCUT2D eigenvalue weighted by atomic mass is 10.2. The van der Waals surface area contributed by atoms with E-state index in [2.05, 4.69) is 4.72 Å². The first kappa shape index (κ1) is 20.7. The van der Waals surface area contributed by atoms with Crippen LogP contribution in [0.25, 0.3) is 0 Å². The van der Waals surface area contributed by atoms with E-state index in [9.17, 15) is 18.0 Å². The maximum atomic E-state index is 12.5. The number of carbonyl (C=O) groups excluding carboxylic acids is 2. The van der Waals surface area contributed by atoms with Gasteiger partial charge in [0.05, 0.1) is 11.4 Å². The molecule has 1 aliphatic heterocycles. The number of nitrogens with zero attached hydrogens (tertiary/aromatic N) is 1. The Hall–Kier alpha value is -1.58. The van der Waals surface area contributed by atoms with Gasteiger partial charge in [0.1, 0.15) is 12.6 Å². The van der Waals surface area contributed by atoms with Crippen molar-refractivity contribution >= 4 is 33.7 Å². The Bertz CT molecular complexity index is 709. The molecule has 144 valence electrons. The second-order valence-corrected chi connectivity index (χ2v) is 8.62. The summed E-state index contributed by atoms with van der Waals surface area (Å²) < 4.78 is 32.6. The second-order valence-electron chi connectivity index (χ2n) is 5.92. The minimum Gasteiger partial charge on any atom is -0.463 e. The van der Waals surface area contributed by atoms with E-state index in [0.29, 0.717) is 31.7 Å². The maximum absolute atomic E-state index is 12.5. The van der Waals surface area contributed by atoms with Crippen LogP contribution in [-0.4, -0.2) is 62.9 Å². The molecule has 0 bridgehead atoms. The van der Waals surface area contributed by atoms with Gasteiger partial charge in [0.25, 0.3) is 0 Å². The molecule has 1 unspecified atom stereocenters. The van der Waals surface area contributed by atoms with Crippen molar-refractivity contribution in [3.8, 4) is 0 Å². The molecule has 1 N–H and O–H groups in total. The van der Waals surface area contributed by atoms with Crippen molar-refractivity contribution in [1.82, 2.24) is 9.62 Å². The lowest BCUT2D eigenvalue weighted by Crippen LogP contribution is -2.43. The average molecular weight is 401 g/mol. The lowest BCUT2D eigenvalue weighted by molar-refractivity contribution is -0.147. The fourth-order valence-electron chi connectivity index (χ4n) is 2.61. The first-order valence-electron chi connectivity index (χ1n) is 8.45. The Labute approximate surface area is 158 Å². The molecule has 0 spiro atoms. The zero-order chi connectivity index (χ0) is 19.0. The second kappa shape index (κ2) is 9.94. The number of hydrogen-bond donors (Lipinski definition) is 1. The van der Waals surface area contributed by atoms with Gasteiger partial charge in [0, 0.05) is 13.0 Å². The molecule has 0 aromatic heterocycles. The first-order valence-corrected chi connectivity index (χ1v) is 11.3. The van der Waals surface area contributed by atoms with Crippen LogP contribution in [0.5, 0.6) is 0 Å². The van der Waals surface area contributed by atoms with Gasteiger partial charge in [-0.2, -0.15) is 16.5 Å². The van der Waals surface area contributed by atoms with Crippen molar-refractivity contribution in [3.63, 3.8) is 0 Å². The van der Waals surface area contributed by atoms with E-state index in [1.165, 1.54) is 23.9 Å². The van der Waals surface area contributed by atoms with Gasteiger partial charge in [-0.25, -0.2) is 8.42 Å². The van der Waals surface area contributed by atoms with Crippen LogP contribution in [0.2, 0.25) is 0 Å². The molecule has 9 heteroatoms. The van der Waals surface area contributed by atoms with Crippen LogP contribution in [0.3, 0.4) is 0 Å². The SMILES string of the molecule is CSCCC(NS(=O)(=O)c1ccccc1)C(=O)OCCN1CCCC1=O. The van der Waals surface area contributed by atoms with Crippen molar-refractivity contribution in [2.24, 2.45) is 0 Å².